The van der Waals surface area contributed by atoms with E-state index in [4.69, 9.17) is 5.73 Å². The largest absolute Gasteiger partial charge is 0.365 e. The number of rotatable bonds is 1. The number of amides is 1. The van der Waals surface area contributed by atoms with Gasteiger partial charge in [0.2, 0.25) is 0 Å². The van der Waals surface area contributed by atoms with E-state index in [1.165, 1.54) is 0 Å². The molecular weight excluding hydrogens is 205 g/mol. The van der Waals surface area contributed by atoms with Gasteiger partial charge in [-0.05, 0) is 29.5 Å². The van der Waals surface area contributed by atoms with Crippen LogP contribution in [0.1, 0.15) is 6.92 Å². The summed E-state index contributed by atoms with van der Waals surface area (Å²) in [6.07, 6.45) is 1.67. The average Bonchev–Trinajstić information content (AvgIpc) is 1.65. The van der Waals surface area contributed by atoms with Gasteiger partial charge in [-0.25, -0.2) is 0 Å². The summed E-state index contributed by atoms with van der Waals surface area (Å²) in [7, 11) is 0. The van der Waals surface area contributed by atoms with Crippen LogP contribution in [0.15, 0.2) is 9.66 Å². The number of carbonyl (C=O) groups is 1. The van der Waals surface area contributed by atoms with Crippen molar-refractivity contribution in [3.8, 4) is 0 Å². The monoisotopic (exact) mass is 211 g/mol. The molecule has 0 unspecified atom stereocenters. The number of hydrogen-bond donors (Lipinski definition) is 1. The molecule has 0 rings (SSSR count). The fourth-order valence-corrected chi connectivity index (χ4v) is 0.142. The fraction of sp³-hybridized carbons (Fsp3) is 0.250. The van der Waals surface area contributed by atoms with Crippen LogP contribution in [0.5, 0.6) is 0 Å². The van der Waals surface area contributed by atoms with Gasteiger partial charge < -0.3 is 5.73 Å². The molecule has 7 heavy (non-hydrogen) atoms. The molecule has 0 aromatic rings. The second-order valence-corrected chi connectivity index (χ2v) is 2.16. The molecular formula is C4H6INO. The van der Waals surface area contributed by atoms with Gasteiger partial charge in [-0.2, -0.15) is 0 Å². The third-order valence-corrected chi connectivity index (χ3v) is 1.64. The molecule has 0 saturated heterocycles. The van der Waals surface area contributed by atoms with E-state index in [1.54, 1.807) is 13.0 Å². The minimum Gasteiger partial charge on any atom is -0.365 e. The molecule has 0 aromatic carbocycles. The van der Waals surface area contributed by atoms with Crippen LogP contribution in [0.25, 0.3) is 0 Å². The SMILES string of the molecule is CC=C(I)C(N)=O. The number of allylic oxidation sites excluding steroid dienone is 1. The van der Waals surface area contributed by atoms with Gasteiger partial charge in [0.05, 0.1) is 3.58 Å². The van der Waals surface area contributed by atoms with Crippen molar-refractivity contribution in [2.24, 2.45) is 5.73 Å². The maximum absolute atomic E-state index is 10.1. The summed E-state index contributed by atoms with van der Waals surface area (Å²) in [5.74, 6) is -0.358. The second-order valence-electron chi connectivity index (χ2n) is 1.00. The van der Waals surface area contributed by atoms with Gasteiger partial charge in [0.25, 0.3) is 5.91 Å². The number of nitrogens with two attached hydrogens (primary N) is 1. The molecule has 2 nitrogen and oxygen atoms in total. The highest BCUT2D eigenvalue weighted by atomic mass is 127. The van der Waals surface area contributed by atoms with Gasteiger partial charge in [-0.15, -0.1) is 0 Å². The molecule has 0 fully saturated rings. The Morgan fingerprint density at radius 1 is 1.86 bits per heavy atom. The molecule has 1 amide bonds. The number of hydrogen-bond acceptors (Lipinski definition) is 1. The maximum atomic E-state index is 10.1. The van der Waals surface area contributed by atoms with Crippen molar-refractivity contribution in [3.05, 3.63) is 9.66 Å². The first-order chi connectivity index (χ1) is 3.18. The Kier molecular flexibility index (Phi) is 2.98. The topological polar surface area (TPSA) is 43.1 Å². The highest BCUT2D eigenvalue weighted by Crippen LogP contribution is 2.01. The van der Waals surface area contributed by atoms with E-state index in [-0.39, 0.29) is 5.91 Å². The van der Waals surface area contributed by atoms with Gasteiger partial charge in [0.1, 0.15) is 0 Å². The first-order valence-corrected chi connectivity index (χ1v) is 2.88. The van der Waals surface area contributed by atoms with Crippen molar-refractivity contribution in [3.63, 3.8) is 0 Å². The van der Waals surface area contributed by atoms with Gasteiger partial charge in [0.15, 0.2) is 0 Å². The zero-order valence-corrected chi connectivity index (χ0v) is 6.10. The van der Waals surface area contributed by atoms with Crippen molar-refractivity contribution < 1.29 is 4.79 Å². The summed E-state index contributed by atoms with van der Waals surface area (Å²) >= 11 is 1.88. The van der Waals surface area contributed by atoms with Gasteiger partial charge in [0, 0.05) is 0 Å². The first-order valence-electron chi connectivity index (χ1n) is 1.80. The predicted octanol–water partition coefficient (Wildman–Crippen LogP) is 0.811. The van der Waals surface area contributed by atoms with E-state index in [0.29, 0.717) is 3.58 Å². The highest BCUT2D eigenvalue weighted by molar-refractivity contribution is 14.1. The van der Waals surface area contributed by atoms with E-state index >= 15 is 0 Å². The molecule has 2 N–H and O–H groups in total. The smallest absolute Gasteiger partial charge is 0.254 e. The van der Waals surface area contributed by atoms with Crippen LogP contribution in [-0.2, 0) is 4.79 Å². The van der Waals surface area contributed by atoms with E-state index in [0.717, 1.165) is 0 Å². The van der Waals surface area contributed by atoms with Crippen LogP contribution in [0.4, 0.5) is 0 Å². The van der Waals surface area contributed by atoms with Crippen molar-refractivity contribution in [1.29, 1.82) is 0 Å². The lowest BCUT2D eigenvalue weighted by atomic mass is 10.5. The van der Waals surface area contributed by atoms with E-state index in [2.05, 4.69) is 0 Å². The van der Waals surface area contributed by atoms with Crippen molar-refractivity contribution in [1.82, 2.24) is 0 Å². The molecule has 40 valence electrons. The lowest BCUT2D eigenvalue weighted by Crippen LogP contribution is -2.09. The van der Waals surface area contributed by atoms with Gasteiger partial charge in [-0.1, -0.05) is 6.08 Å². The van der Waals surface area contributed by atoms with Crippen LogP contribution in [-0.4, -0.2) is 5.91 Å². The third kappa shape index (κ3) is 2.61. The summed E-state index contributed by atoms with van der Waals surface area (Å²) in [4.78, 5) is 10.1. The zero-order valence-electron chi connectivity index (χ0n) is 3.94. The van der Waals surface area contributed by atoms with E-state index in [9.17, 15) is 4.79 Å². The Balaban J connectivity index is 3.82. The lowest BCUT2D eigenvalue weighted by Gasteiger charge is -1.83. The van der Waals surface area contributed by atoms with Crippen molar-refractivity contribution >= 4 is 28.5 Å². The Labute approximate surface area is 55.9 Å². The number of primary amides is 1. The summed E-state index contributed by atoms with van der Waals surface area (Å²) in [5, 5.41) is 0. The van der Waals surface area contributed by atoms with Crippen LogP contribution in [0.2, 0.25) is 0 Å². The summed E-state index contributed by atoms with van der Waals surface area (Å²) in [6.45, 7) is 1.77. The quantitative estimate of drug-likeness (QED) is 0.506. The highest BCUT2D eigenvalue weighted by Gasteiger charge is 1.92. The van der Waals surface area contributed by atoms with Crippen LogP contribution >= 0.6 is 22.6 Å². The van der Waals surface area contributed by atoms with Gasteiger partial charge >= 0.3 is 0 Å². The first kappa shape index (κ1) is 6.94. The summed E-state index contributed by atoms with van der Waals surface area (Å²) in [5.41, 5.74) is 4.83. The Bertz CT molecular complexity index is 108. The predicted molar refractivity (Wildman–Crippen MR) is 37.0 cm³/mol. The average molecular weight is 211 g/mol. The number of halogens is 1. The minimum absolute atomic E-state index is 0.358. The molecule has 0 radical (unpaired) electrons. The second kappa shape index (κ2) is 3.01. The molecule has 0 bridgehead atoms. The maximum Gasteiger partial charge on any atom is 0.254 e. The van der Waals surface area contributed by atoms with Crippen LogP contribution in [0, 0.1) is 0 Å². The molecule has 0 spiro atoms. The zero-order chi connectivity index (χ0) is 5.86. The Morgan fingerprint density at radius 3 is 2.29 bits per heavy atom. The molecule has 0 saturated carbocycles. The summed E-state index contributed by atoms with van der Waals surface area (Å²) < 4.78 is 0.581. The normalized spacial score (nSPS) is 11.4. The molecule has 0 atom stereocenters. The van der Waals surface area contributed by atoms with Crippen LogP contribution < -0.4 is 5.73 Å². The van der Waals surface area contributed by atoms with Crippen LogP contribution in [0.3, 0.4) is 0 Å². The molecule has 0 heterocycles. The lowest BCUT2D eigenvalue weighted by molar-refractivity contribution is -0.113. The molecule has 0 aliphatic rings. The molecule has 0 aliphatic heterocycles. The van der Waals surface area contributed by atoms with E-state index in [1.807, 2.05) is 22.6 Å². The standard InChI is InChI=1S/C4H6INO/c1-2-3(5)4(6)7/h2H,1H3,(H2,6,7). The molecule has 0 aromatic heterocycles. The van der Waals surface area contributed by atoms with Crippen molar-refractivity contribution in [2.75, 3.05) is 0 Å². The Morgan fingerprint density at radius 2 is 2.29 bits per heavy atom. The fourth-order valence-electron chi connectivity index (χ4n) is 0.142. The van der Waals surface area contributed by atoms with E-state index < -0.39 is 0 Å². The van der Waals surface area contributed by atoms with Gasteiger partial charge in [-0.3, -0.25) is 4.79 Å². The minimum atomic E-state index is -0.358. The molecule has 3 heteroatoms. The molecule has 0 aliphatic carbocycles. The van der Waals surface area contributed by atoms with Crippen molar-refractivity contribution in [2.45, 2.75) is 6.92 Å². The summed E-state index contributed by atoms with van der Waals surface area (Å²) in [6, 6.07) is 0. The third-order valence-electron chi connectivity index (χ3n) is 0.489. The Hall–Kier alpha value is -0.0600. The number of carbonyl (C=O) groups excluding carboxylic acids is 1.